The molecule has 0 unspecified atom stereocenters. The minimum absolute atomic E-state index is 0.0808. The summed E-state index contributed by atoms with van der Waals surface area (Å²) in [4.78, 5) is 4.04. The molecule has 0 amide bonds. The van der Waals surface area contributed by atoms with E-state index in [9.17, 15) is 0 Å². The summed E-state index contributed by atoms with van der Waals surface area (Å²) in [6.07, 6.45) is 5.52. The second-order valence-electron chi connectivity index (χ2n) is 2.88. The van der Waals surface area contributed by atoms with Crippen molar-refractivity contribution in [1.82, 2.24) is 4.98 Å². The highest BCUT2D eigenvalue weighted by atomic mass is 79.9. The molecule has 3 heteroatoms. The van der Waals surface area contributed by atoms with Crippen LogP contribution < -0.4 is 5.73 Å². The molecule has 0 aliphatic heterocycles. The van der Waals surface area contributed by atoms with Crippen molar-refractivity contribution in [3.8, 4) is 0 Å². The molecule has 0 aromatic carbocycles. The van der Waals surface area contributed by atoms with Crippen molar-refractivity contribution in [3.05, 3.63) is 41.2 Å². The van der Waals surface area contributed by atoms with Gasteiger partial charge in [0.1, 0.15) is 4.60 Å². The molecule has 70 valence electrons. The summed E-state index contributed by atoms with van der Waals surface area (Å²) in [7, 11) is 0. The first-order valence-corrected chi connectivity index (χ1v) is 5.01. The lowest BCUT2D eigenvalue weighted by Gasteiger charge is -2.10. The monoisotopic (exact) mass is 240 g/mol. The van der Waals surface area contributed by atoms with Crippen LogP contribution in [0, 0.1) is 0 Å². The van der Waals surface area contributed by atoms with Gasteiger partial charge in [-0.15, -0.1) is 6.58 Å². The third kappa shape index (κ3) is 3.28. The smallest absolute Gasteiger partial charge is 0.106 e. The van der Waals surface area contributed by atoms with Crippen LogP contribution in [0.25, 0.3) is 0 Å². The van der Waals surface area contributed by atoms with E-state index in [0.717, 1.165) is 23.0 Å². The first-order chi connectivity index (χ1) is 6.24. The standard InChI is InChI=1S/C10H13BrN2/c1-2-3-4-9(12)8-5-6-13-10(11)7-8/h2,5-7,9H,1,3-4,12H2/t9-/m0/s1. The van der Waals surface area contributed by atoms with Crippen molar-refractivity contribution >= 4 is 15.9 Å². The fourth-order valence-corrected chi connectivity index (χ4v) is 1.49. The van der Waals surface area contributed by atoms with Crippen LogP contribution in [0.5, 0.6) is 0 Å². The molecular formula is C10H13BrN2. The van der Waals surface area contributed by atoms with Gasteiger partial charge in [-0.1, -0.05) is 6.08 Å². The molecule has 0 bridgehead atoms. The normalized spacial score (nSPS) is 12.5. The first-order valence-electron chi connectivity index (χ1n) is 4.22. The van der Waals surface area contributed by atoms with Gasteiger partial charge in [0.25, 0.3) is 0 Å². The lowest BCUT2D eigenvalue weighted by atomic mass is 10.0. The second-order valence-corrected chi connectivity index (χ2v) is 3.70. The van der Waals surface area contributed by atoms with Gasteiger partial charge >= 0.3 is 0 Å². The summed E-state index contributed by atoms with van der Waals surface area (Å²) in [5.41, 5.74) is 7.07. The minimum atomic E-state index is 0.0808. The van der Waals surface area contributed by atoms with Gasteiger partial charge in [0.2, 0.25) is 0 Å². The molecule has 0 aliphatic carbocycles. The maximum Gasteiger partial charge on any atom is 0.106 e. The summed E-state index contributed by atoms with van der Waals surface area (Å²) in [5, 5.41) is 0. The van der Waals surface area contributed by atoms with E-state index in [0.29, 0.717) is 0 Å². The molecule has 1 aromatic heterocycles. The van der Waals surface area contributed by atoms with Crippen LogP contribution in [0.3, 0.4) is 0 Å². The summed E-state index contributed by atoms with van der Waals surface area (Å²) >= 11 is 3.31. The van der Waals surface area contributed by atoms with Gasteiger partial charge in [-0.3, -0.25) is 0 Å². The average Bonchev–Trinajstić information content (AvgIpc) is 2.14. The van der Waals surface area contributed by atoms with Gasteiger partial charge in [-0.2, -0.15) is 0 Å². The lowest BCUT2D eigenvalue weighted by Crippen LogP contribution is -2.09. The fraction of sp³-hybridized carbons (Fsp3) is 0.300. The van der Waals surface area contributed by atoms with Crippen molar-refractivity contribution in [2.75, 3.05) is 0 Å². The molecule has 0 radical (unpaired) electrons. The number of rotatable bonds is 4. The number of nitrogens with two attached hydrogens (primary N) is 1. The Hall–Kier alpha value is -0.670. The van der Waals surface area contributed by atoms with Crippen LogP contribution in [0.4, 0.5) is 0 Å². The van der Waals surface area contributed by atoms with Crippen LogP contribution in [0.1, 0.15) is 24.4 Å². The SMILES string of the molecule is C=CCC[C@H](N)c1ccnc(Br)c1. The zero-order chi connectivity index (χ0) is 9.68. The fourth-order valence-electron chi connectivity index (χ4n) is 1.11. The quantitative estimate of drug-likeness (QED) is 0.650. The van der Waals surface area contributed by atoms with Crippen LogP contribution in [0.15, 0.2) is 35.6 Å². The van der Waals surface area contributed by atoms with Crippen molar-refractivity contribution in [2.45, 2.75) is 18.9 Å². The Morgan fingerprint density at radius 1 is 1.69 bits per heavy atom. The third-order valence-electron chi connectivity index (χ3n) is 1.86. The Bertz CT molecular complexity index is 286. The van der Waals surface area contributed by atoms with Gasteiger partial charge in [0, 0.05) is 12.2 Å². The van der Waals surface area contributed by atoms with E-state index < -0.39 is 0 Å². The highest BCUT2D eigenvalue weighted by Gasteiger charge is 2.04. The maximum absolute atomic E-state index is 5.95. The molecule has 0 saturated heterocycles. The molecule has 0 saturated carbocycles. The minimum Gasteiger partial charge on any atom is -0.324 e. The maximum atomic E-state index is 5.95. The molecule has 1 heterocycles. The highest BCUT2D eigenvalue weighted by Crippen LogP contribution is 2.18. The number of nitrogens with zero attached hydrogens (tertiary/aromatic N) is 1. The van der Waals surface area contributed by atoms with Crippen LogP contribution in [-0.2, 0) is 0 Å². The van der Waals surface area contributed by atoms with E-state index >= 15 is 0 Å². The Labute approximate surface area is 87.0 Å². The van der Waals surface area contributed by atoms with E-state index in [1.54, 1.807) is 6.20 Å². The number of halogens is 1. The number of aromatic nitrogens is 1. The van der Waals surface area contributed by atoms with Gasteiger partial charge < -0.3 is 5.73 Å². The summed E-state index contributed by atoms with van der Waals surface area (Å²) in [6.45, 7) is 3.67. The predicted molar refractivity (Wildman–Crippen MR) is 58.3 cm³/mol. The van der Waals surface area contributed by atoms with Crippen LogP contribution in [0.2, 0.25) is 0 Å². The van der Waals surface area contributed by atoms with E-state index in [1.165, 1.54) is 0 Å². The molecule has 2 N–H and O–H groups in total. The van der Waals surface area contributed by atoms with Gasteiger partial charge in [0.15, 0.2) is 0 Å². The lowest BCUT2D eigenvalue weighted by molar-refractivity contribution is 0.660. The third-order valence-corrected chi connectivity index (χ3v) is 2.29. The summed E-state index contributed by atoms with van der Waals surface area (Å²) in [6, 6.07) is 3.98. The van der Waals surface area contributed by atoms with Gasteiger partial charge in [0.05, 0.1) is 0 Å². The van der Waals surface area contributed by atoms with Crippen molar-refractivity contribution in [3.63, 3.8) is 0 Å². The number of hydrogen-bond donors (Lipinski definition) is 1. The number of hydrogen-bond acceptors (Lipinski definition) is 2. The summed E-state index contributed by atoms with van der Waals surface area (Å²) in [5.74, 6) is 0. The van der Waals surface area contributed by atoms with Crippen molar-refractivity contribution in [1.29, 1.82) is 0 Å². The Morgan fingerprint density at radius 2 is 2.46 bits per heavy atom. The van der Waals surface area contributed by atoms with Crippen LogP contribution >= 0.6 is 15.9 Å². The van der Waals surface area contributed by atoms with E-state index in [-0.39, 0.29) is 6.04 Å². The molecular weight excluding hydrogens is 228 g/mol. The molecule has 1 aromatic rings. The van der Waals surface area contributed by atoms with Crippen LogP contribution in [-0.4, -0.2) is 4.98 Å². The van der Waals surface area contributed by atoms with E-state index in [1.807, 2.05) is 18.2 Å². The Balaban J connectivity index is 2.65. The molecule has 1 atom stereocenters. The summed E-state index contributed by atoms with van der Waals surface area (Å²) < 4.78 is 0.832. The molecule has 1 rings (SSSR count). The highest BCUT2D eigenvalue weighted by molar-refractivity contribution is 9.10. The molecule has 13 heavy (non-hydrogen) atoms. The number of allylic oxidation sites excluding steroid dienone is 1. The predicted octanol–water partition coefficient (Wildman–Crippen LogP) is 2.81. The topological polar surface area (TPSA) is 38.9 Å². The molecule has 0 fully saturated rings. The zero-order valence-electron chi connectivity index (χ0n) is 7.41. The van der Waals surface area contributed by atoms with Gasteiger partial charge in [-0.25, -0.2) is 4.98 Å². The zero-order valence-corrected chi connectivity index (χ0v) is 9.00. The molecule has 0 spiro atoms. The molecule has 0 aliphatic rings. The first kappa shape index (κ1) is 10.4. The van der Waals surface area contributed by atoms with Crippen molar-refractivity contribution in [2.24, 2.45) is 5.73 Å². The number of pyridine rings is 1. The van der Waals surface area contributed by atoms with E-state index in [4.69, 9.17) is 5.73 Å². The Morgan fingerprint density at radius 3 is 3.08 bits per heavy atom. The van der Waals surface area contributed by atoms with E-state index in [2.05, 4.69) is 27.5 Å². The van der Waals surface area contributed by atoms with Gasteiger partial charge in [-0.05, 0) is 46.5 Å². The largest absolute Gasteiger partial charge is 0.324 e. The second kappa shape index (κ2) is 5.14. The average molecular weight is 241 g/mol. The Kier molecular flexibility index (Phi) is 4.12. The molecule has 2 nitrogen and oxygen atoms in total. The van der Waals surface area contributed by atoms with Crippen molar-refractivity contribution < 1.29 is 0 Å².